The first kappa shape index (κ1) is 20.9. The molecule has 10 heteroatoms. The second kappa shape index (κ2) is 8.78. The Morgan fingerprint density at radius 3 is 2.90 bits per heavy atom. The molecule has 10 nitrogen and oxygen atoms in total. The summed E-state index contributed by atoms with van der Waals surface area (Å²) in [4.78, 5) is 31.8. The minimum Gasteiger partial charge on any atom is -0.490 e. The molecule has 1 aromatic carbocycles. The number of ether oxygens (including phenoxy) is 1. The van der Waals surface area contributed by atoms with Gasteiger partial charge in [0.15, 0.2) is 11.2 Å². The van der Waals surface area contributed by atoms with Crippen LogP contribution < -0.4 is 21.3 Å². The number of rotatable bonds is 9. The molecule has 3 heterocycles. The third-order valence-corrected chi connectivity index (χ3v) is 5.34. The van der Waals surface area contributed by atoms with Gasteiger partial charge in [-0.3, -0.25) is 13.9 Å². The number of fused-ring (bicyclic) bond motifs is 2. The number of aliphatic hydroxyl groups is 1. The minimum atomic E-state index is -0.648. The molecule has 0 aliphatic carbocycles. The van der Waals surface area contributed by atoms with Crippen LogP contribution in [-0.4, -0.2) is 54.6 Å². The molecule has 4 aromatic rings. The molecule has 3 N–H and O–H groups in total. The van der Waals surface area contributed by atoms with Crippen LogP contribution in [-0.2, 0) is 20.6 Å². The molecule has 0 saturated heterocycles. The Morgan fingerprint density at radius 1 is 1.23 bits per heavy atom. The zero-order valence-electron chi connectivity index (χ0n) is 17.5. The summed E-state index contributed by atoms with van der Waals surface area (Å²) in [6.07, 6.45) is 3.52. The van der Waals surface area contributed by atoms with Gasteiger partial charge in [-0.1, -0.05) is 6.07 Å². The highest BCUT2D eigenvalue weighted by Crippen LogP contribution is 2.24. The van der Waals surface area contributed by atoms with Crippen LogP contribution in [0.15, 0.2) is 46.4 Å². The van der Waals surface area contributed by atoms with Crippen LogP contribution in [0.4, 0.5) is 0 Å². The van der Waals surface area contributed by atoms with Crippen molar-refractivity contribution in [2.24, 2.45) is 14.1 Å². The largest absolute Gasteiger partial charge is 0.490 e. The second-order valence-electron chi connectivity index (χ2n) is 7.53. The first-order valence-electron chi connectivity index (χ1n) is 10.2. The first-order chi connectivity index (χ1) is 15.0. The Kier molecular flexibility index (Phi) is 5.92. The number of hydrogen-bond donors (Lipinski definition) is 3. The molecular weight excluding hydrogens is 400 g/mol. The van der Waals surface area contributed by atoms with E-state index in [0.717, 1.165) is 27.6 Å². The number of H-pyrrole nitrogens is 1. The Labute approximate surface area is 177 Å². The fourth-order valence-electron chi connectivity index (χ4n) is 3.64. The molecule has 0 amide bonds. The predicted octanol–water partition coefficient (Wildman–Crippen LogP) is 0.335. The van der Waals surface area contributed by atoms with E-state index in [1.165, 1.54) is 11.6 Å². The molecule has 0 spiro atoms. The highest BCUT2D eigenvalue weighted by molar-refractivity contribution is 5.85. The van der Waals surface area contributed by atoms with Gasteiger partial charge < -0.3 is 24.7 Å². The maximum atomic E-state index is 12.4. The van der Waals surface area contributed by atoms with Gasteiger partial charge in [-0.15, -0.1) is 0 Å². The summed E-state index contributed by atoms with van der Waals surface area (Å²) < 4.78 is 9.98. The van der Waals surface area contributed by atoms with Crippen molar-refractivity contribution in [2.75, 3.05) is 19.7 Å². The van der Waals surface area contributed by atoms with Crippen LogP contribution in [0.25, 0.3) is 22.1 Å². The average molecular weight is 426 g/mol. The van der Waals surface area contributed by atoms with Crippen LogP contribution in [0.5, 0.6) is 5.75 Å². The van der Waals surface area contributed by atoms with Crippen molar-refractivity contribution in [3.05, 3.63) is 57.6 Å². The van der Waals surface area contributed by atoms with E-state index in [1.807, 2.05) is 30.5 Å². The molecule has 0 fully saturated rings. The lowest BCUT2D eigenvalue weighted by Crippen LogP contribution is -2.37. The van der Waals surface area contributed by atoms with Gasteiger partial charge in [0.05, 0.1) is 6.33 Å². The molecule has 0 saturated carbocycles. The van der Waals surface area contributed by atoms with Crippen molar-refractivity contribution in [3.8, 4) is 5.75 Å². The van der Waals surface area contributed by atoms with Crippen molar-refractivity contribution in [2.45, 2.75) is 19.1 Å². The summed E-state index contributed by atoms with van der Waals surface area (Å²) in [6, 6.07) is 7.70. The van der Waals surface area contributed by atoms with Crippen molar-refractivity contribution < 1.29 is 9.84 Å². The molecule has 1 unspecified atom stereocenters. The van der Waals surface area contributed by atoms with E-state index in [4.69, 9.17) is 4.74 Å². The zero-order chi connectivity index (χ0) is 22.0. The highest BCUT2D eigenvalue weighted by atomic mass is 16.5. The van der Waals surface area contributed by atoms with E-state index in [-0.39, 0.29) is 12.2 Å². The van der Waals surface area contributed by atoms with Gasteiger partial charge in [0.2, 0.25) is 0 Å². The molecule has 164 valence electrons. The minimum absolute atomic E-state index is 0.188. The van der Waals surface area contributed by atoms with E-state index < -0.39 is 11.8 Å². The van der Waals surface area contributed by atoms with Gasteiger partial charge in [0.25, 0.3) is 5.56 Å². The number of hydrogen-bond acceptors (Lipinski definition) is 6. The van der Waals surface area contributed by atoms with Crippen LogP contribution >= 0.6 is 0 Å². The van der Waals surface area contributed by atoms with Crippen molar-refractivity contribution in [1.82, 2.24) is 29.0 Å². The molecule has 4 rings (SSSR count). The Hall–Kier alpha value is -3.37. The molecular formula is C21H26N6O4. The quantitative estimate of drug-likeness (QED) is 0.332. The van der Waals surface area contributed by atoms with E-state index in [9.17, 15) is 14.7 Å². The standard InChI is InChI=1S/C21H26N6O4/c1-25-19-18(20(29)26(2)21(25)30)27(13-24-19)10-4-8-22-11-14(28)12-31-17-6-3-5-16-15(17)7-9-23-16/h3,5-7,9,13-14,22-23,28H,4,8,10-12H2,1-2H3. The number of nitrogens with zero attached hydrogens (tertiary/aromatic N) is 4. The summed E-state index contributed by atoms with van der Waals surface area (Å²) in [6.45, 7) is 1.80. The van der Waals surface area contributed by atoms with E-state index >= 15 is 0 Å². The maximum absolute atomic E-state index is 12.4. The fourth-order valence-corrected chi connectivity index (χ4v) is 3.64. The number of imidazole rings is 1. The second-order valence-corrected chi connectivity index (χ2v) is 7.53. The van der Waals surface area contributed by atoms with Gasteiger partial charge in [0, 0.05) is 44.3 Å². The lowest BCUT2D eigenvalue weighted by atomic mass is 10.2. The summed E-state index contributed by atoms with van der Waals surface area (Å²) in [5.74, 6) is 0.737. The third kappa shape index (κ3) is 4.12. The maximum Gasteiger partial charge on any atom is 0.332 e. The molecule has 0 bridgehead atoms. The molecule has 0 aliphatic heterocycles. The lowest BCUT2D eigenvalue weighted by Gasteiger charge is -2.14. The SMILES string of the molecule is Cn1c(=O)c2c(ncn2CCCNCC(O)COc2cccc3[nH]ccc23)n(C)c1=O. The smallest absolute Gasteiger partial charge is 0.332 e. The van der Waals surface area contributed by atoms with Gasteiger partial charge in [-0.25, -0.2) is 9.78 Å². The number of aliphatic hydroxyl groups excluding tert-OH is 1. The molecule has 31 heavy (non-hydrogen) atoms. The first-order valence-corrected chi connectivity index (χ1v) is 10.2. The number of benzene rings is 1. The van der Waals surface area contributed by atoms with Crippen LogP contribution in [0.2, 0.25) is 0 Å². The number of aryl methyl sites for hydroxylation is 2. The lowest BCUT2D eigenvalue weighted by molar-refractivity contribution is 0.107. The van der Waals surface area contributed by atoms with Crippen LogP contribution in [0.1, 0.15) is 6.42 Å². The topological polar surface area (TPSA) is 119 Å². The van der Waals surface area contributed by atoms with Gasteiger partial charge in [-0.2, -0.15) is 0 Å². The highest BCUT2D eigenvalue weighted by Gasteiger charge is 2.14. The van der Waals surface area contributed by atoms with Gasteiger partial charge in [-0.05, 0) is 31.2 Å². The average Bonchev–Trinajstić information content (AvgIpc) is 3.42. The summed E-state index contributed by atoms with van der Waals surface area (Å²) >= 11 is 0. The Bertz CT molecular complexity index is 1320. The molecule has 1 atom stereocenters. The monoisotopic (exact) mass is 426 g/mol. The Morgan fingerprint density at radius 2 is 2.06 bits per heavy atom. The van der Waals surface area contributed by atoms with Crippen LogP contribution in [0, 0.1) is 0 Å². The van der Waals surface area contributed by atoms with E-state index in [2.05, 4.69) is 15.3 Å². The van der Waals surface area contributed by atoms with Gasteiger partial charge in [0.1, 0.15) is 18.5 Å². The normalized spacial score (nSPS) is 12.6. The number of nitrogens with one attached hydrogen (secondary N) is 2. The third-order valence-electron chi connectivity index (χ3n) is 5.34. The van der Waals surface area contributed by atoms with Gasteiger partial charge >= 0.3 is 5.69 Å². The molecule has 0 radical (unpaired) electrons. The molecule has 0 aliphatic rings. The summed E-state index contributed by atoms with van der Waals surface area (Å²) in [5.41, 5.74) is 1.04. The van der Waals surface area contributed by atoms with Crippen molar-refractivity contribution in [3.63, 3.8) is 0 Å². The number of aromatic nitrogens is 5. The number of aromatic amines is 1. The summed E-state index contributed by atoms with van der Waals surface area (Å²) in [7, 11) is 3.06. The van der Waals surface area contributed by atoms with E-state index in [1.54, 1.807) is 17.9 Å². The fraction of sp³-hybridized carbons (Fsp3) is 0.381. The predicted molar refractivity (Wildman–Crippen MR) is 118 cm³/mol. The molecule has 3 aromatic heterocycles. The van der Waals surface area contributed by atoms with Crippen molar-refractivity contribution >= 4 is 22.1 Å². The van der Waals surface area contributed by atoms with E-state index in [0.29, 0.717) is 30.8 Å². The van der Waals surface area contributed by atoms with Crippen LogP contribution in [0.3, 0.4) is 0 Å². The van der Waals surface area contributed by atoms with Crippen molar-refractivity contribution in [1.29, 1.82) is 0 Å². The Balaban J connectivity index is 1.26. The zero-order valence-corrected chi connectivity index (χ0v) is 17.5. The summed E-state index contributed by atoms with van der Waals surface area (Å²) in [5, 5.41) is 14.4.